The molecule has 0 saturated carbocycles. The molecular weight excluding hydrogens is 400 g/mol. The number of fused-ring (bicyclic) bond motifs is 1. The summed E-state index contributed by atoms with van der Waals surface area (Å²) < 4.78 is 0. The van der Waals surface area contributed by atoms with Crippen molar-refractivity contribution in [2.24, 2.45) is 0 Å². The van der Waals surface area contributed by atoms with Crippen LogP contribution in [0.25, 0.3) is 0 Å². The van der Waals surface area contributed by atoms with Gasteiger partial charge in [0.15, 0.2) is 0 Å². The van der Waals surface area contributed by atoms with Crippen LogP contribution in [0.4, 0.5) is 10.5 Å². The molecule has 0 bridgehead atoms. The fourth-order valence-corrected chi connectivity index (χ4v) is 4.39. The van der Waals surface area contributed by atoms with E-state index in [1.54, 1.807) is 16.7 Å². The summed E-state index contributed by atoms with van der Waals surface area (Å²) >= 11 is 1.63. The number of hydrogen-bond donors (Lipinski definition) is 3. The maximum absolute atomic E-state index is 12.9. The lowest BCUT2D eigenvalue weighted by Gasteiger charge is -2.34. The fourth-order valence-electron chi connectivity index (χ4n) is 3.98. The Morgan fingerprint density at radius 3 is 2.57 bits per heavy atom. The third kappa shape index (κ3) is 4.43. The van der Waals surface area contributed by atoms with Crippen LogP contribution in [0.1, 0.15) is 12.0 Å². The number of carbonyl (C=O) groups excluding carboxylic acids is 3. The molecule has 0 radical (unpaired) electrons. The van der Waals surface area contributed by atoms with Crippen molar-refractivity contribution in [3.8, 4) is 0 Å². The van der Waals surface area contributed by atoms with Gasteiger partial charge < -0.3 is 20.9 Å². The van der Waals surface area contributed by atoms with E-state index in [9.17, 15) is 14.4 Å². The van der Waals surface area contributed by atoms with Crippen molar-refractivity contribution in [1.82, 2.24) is 15.5 Å². The van der Waals surface area contributed by atoms with Crippen molar-refractivity contribution >= 4 is 35.3 Å². The molecule has 2 aliphatic rings. The van der Waals surface area contributed by atoms with Crippen LogP contribution in [0.3, 0.4) is 0 Å². The molecule has 7 nitrogen and oxygen atoms in total. The van der Waals surface area contributed by atoms with Crippen molar-refractivity contribution < 1.29 is 14.4 Å². The highest BCUT2D eigenvalue weighted by Crippen LogP contribution is 2.24. The first-order chi connectivity index (χ1) is 14.5. The predicted octanol–water partition coefficient (Wildman–Crippen LogP) is 2.24. The van der Waals surface area contributed by atoms with Gasteiger partial charge in [-0.1, -0.05) is 30.3 Å². The van der Waals surface area contributed by atoms with E-state index in [-0.39, 0.29) is 23.9 Å². The number of rotatable bonds is 5. The molecule has 2 heterocycles. The number of nitrogens with one attached hydrogen (secondary N) is 3. The number of amides is 4. The molecule has 3 N–H and O–H groups in total. The van der Waals surface area contributed by atoms with E-state index in [4.69, 9.17) is 0 Å². The second kappa shape index (κ2) is 8.79. The van der Waals surface area contributed by atoms with Crippen LogP contribution < -0.4 is 16.0 Å². The first-order valence-electron chi connectivity index (χ1n) is 9.90. The Morgan fingerprint density at radius 1 is 1.13 bits per heavy atom. The smallest absolute Gasteiger partial charge is 0.319 e. The van der Waals surface area contributed by atoms with Crippen LogP contribution in [0.15, 0.2) is 59.5 Å². The fraction of sp³-hybridized carbons (Fsp3) is 0.318. The zero-order valence-corrected chi connectivity index (χ0v) is 17.4. The molecular formula is C22H24N4O3S. The standard InChI is InChI=1S/C22H24N4O3S/c1-30-17-9-7-15(8-10-17)23-22(29)24-16-12-19-20(27)25-18(21(28)26(19)13-16)11-14-5-3-2-4-6-14/h2-10,16,18-19H,11-13H2,1H3,(H,25,27)(H2,23,24,29)/t16-,18+,19-/m0/s1. The summed E-state index contributed by atoms with van der Waals surface area (Å²) in [6, 6.07) is 15.5. The minimum Gasteiger partial charge on any atom is -0.342 e. The first-order valence-corrected chi connectivity index (χ1v) is 11.1. The molecule has 2 aromatic carbocycles. The van der Waals surface area contributed by atoms with Gasteiger partial charge >= 0.3 is 6.03 Å². The van der Waals surface area contributed by atoms with Crippen LogP contribution in [-0.4, -0.2) is 53.7 Å². The molecule has 156 valence electrons. The van der Waals surface area contributed by atoms with Crippen molar-refractivity contribution in [2.75, 3.05) is 18.1 Å². The Hall–Kier alpha value is -3.00. The second-order valence-corrected chi connectivity index (χ2v) is 8.40. The molecule has 2 saturated heterocycles. The van der Waals surface area contributed by atoms with Crippen LogP contribution in [-0.2, 0) is 16.0 Å². The van der Waals surface area contributed by atoms with E-state index < -0.39 is 12.1 Å². The van der Waals surface area contributed by atoms with Gasteiger partial charge in [-0.2, -0.15) is 0 Å². The van der Waals surface area contributed by atoms with Crippen LogP contribution >= 0.6 is 11.8 Å². The lowest BCUT2D eigenvalue weighted by Crippen LogP contribution is -2.61. The number of nitrogens with zero attached hydrogens (tertiary/aromatic N) is 1. The Kier molecular flexibility index (Phi) is 5.94. The third-order valence-corrected chi connectivity index (χ3v) is 6.21. The van der Waals surface area contributed by atoms with Crippen LogP contribution in [0, 0.1) is 0 Å². The largest absolute Gasteiger partial charge is 0.342 e. The molecule has 4 amide bonds. The Bertz CT molecular complexity index is 935. The van der Waals surface area contributed by atoms with E-state index in [1.165, 1.54) is 0 Å². The number of hydrogen-bond acceptors (Lipinski definition) is 4. The van der Waals surface area contributed by atoms with E-state index in [2.05, 4.69) is 16.0 Å². The average Bonchev–Trinajstić information content (AvgIpc) is 3.17. The maximum atomic E-state index is 12.9. The molecule has 2 aromatic rings. The second-order valence-electron chi connectivity index (χ2n) is 7.52. The average molecular weight is 425 g/mol. The number of piperazine rings is 1. The molecule has 0 unspecified atom stereocenters. The zero-order chi connectivity index (χ0) is 21.1. The number of benzene rings is 2. The molecule has 0 aliphatic carbocycles. The van der Waals surface area contributed by atoms with Crippen molar-refractivity contribution in [3.05, 3.63) is 60.2 Å². The molecule has 8 heteroatoms. The molecule has 30 heavy (non-hydrogen) atoms. The minimum atomic E-state index is -0.571. The van der Waals surface area contributed by atoms with Gasteiger partial charge in [-0.25, -0.2) is 4.79 Å². The summed E-state index contributed by atoms with van der Waals surface area (Å²) in [5, 5.41) is 8.54. The van der Waals surface area contributed by atoms with Gasteiger partial charge in [0, 0.05) is 23.5 Å². The minimum absolute atomic E-state index is 0.0965. The lowest BCUT2D eigenvalue weighted by atomic mass is 10.0. The van der Waals surface area contributed by atoms with Gasteiger partial charge in [-0.15, -0.1) is 11.8 Å². The van der Waals surface area contributed by atoms with Crippen molar-refractivity contribution in [3.63, 3.8) is 0 Å². The molecule has 0 aromatic heterocycles. The SMILES string of the molecule is CSc1ccc(NC(=O)N[C@H]2C[C@H]3C(=O)N[C@H](Cc4ccccc4)C(=O)N3C2)cc1. The Morgan fingerprint density at radius 2 is 1.87 bits per heavy atom. The van der Waals surface area contributed by atoms with Gasteiger partial charge in [-0.3, -0.25) is 9.59 Å². The van der Waals surface area contributed by atoms with E-state index in [0.717, 1.165) is 10.5 Å². The number of thioether (sulfide) groups is 1. The summed E-state index contributed by atoms with van der Waals surface area (Å²) in [6.45, 7) is 0.334. The van der Waals surface area contributed by atoms with Gasteiger partial charge in [-0.05, 0) is 42.5 Å². The molecule has 0 spiro atoms. The van der Waals surface area contributed by atoms with Crippen LogP contribution in [0.5, 0.6) is 0 Å². The highest BCUT2D eigenvalue weighted by Gasteiger charge is 2.46. The maximum Gasteiger partial charge on any atom is 0.319 e. The van der Waals surface area contributed by atoms with Gasteiger partial charge in [0.2, 0.25) is 11.8 Å². The highest BCUT2D eigenvalue weighted by atomic mass is 32.2. The summed E-state index contributed by atoms with van der Waals surface area (Å²) in [5.74, 6) is -0.256. The summed E-state index contributed by atoms with van der Waals surface area (Å²) in [5.41, 5.74) is 1.69. The van der Waals surface area contributed by atoms with E-state index in [0.29, 0.717) is 25.1 Å². The summed E-state index contributed by atoms with van der Waals surface area (Å²) in [7, 11) is 0. The predicted molar refractivity (Wildman–Crippen MR) is 116 cm³/mol. The van der Waals surface area contributed by atoms with Gasteiger partial charge in [0.1, 0.15) is 12.1 Å². The quantitative estimate of drug-likeness (QED) is 0.642. The highest BCUT2D eigenvalue weighted by molar-refractivity contribution is 7.98. The number of carbonyl (C=O) groups is 3. The Balaban J connectivity index is 1.35. The molecule has 3 atom stereocenters. The molecule has 2 fully saturated rings. The van der Waals surface area contributed by atoms with Gasteiger partial charge in [0.25, 0.3) is 0 Å². The monoisotopic (exact) mass is 424 g/mol. The van der Waals surface area contributed by atoms with Crippen molar-refractivity contribution in [1.29, 1.82) is 0 Å². The normalized spacial score (nSPS) is 23.0. The zero-order valence-electron chi connectivity index (χ0n) is 16.6. The summed E-state index contributed by atoms with van der Waals surface area (Å²) in [4.78, 5) is 40.6. The Labute approximate surface area is 179 Å². The van der Waals surface area contributed by atoms with Gasteiger partial charge in [0.05, 0.1) is 6.04 Å². The topological polar surface area (TPSA) is 90.5 Å². The first kappa shape index (κ1) is 20.3. The van der Waals surface area contributed by atoms with Crippen molar-refractivity contribution in [2.45, 2.75) is 35.9 Å². The molecule has 2 aliphatic heterocycles. The third-order valence-electron chi connectivity index (χ3n) is 5.47. The number of urea groups is 1. The molecule has 4 rings (SSSR count). The number of anilines is 1. The lowest BCUT2D eigenvalue weighted by molar-refractivity contribution is -0.147. The summed E-state index contributed by atoms with van der Waals surface area (Å²) in [6.07, 6.45) is 2.86. The van der Waals surface area contributed by atoms with E-state index >= 15 is 0 Å². The van der Waals surface area contributed by atoms with Crippen LogP contribution in [0.2, 0.25) is 0 Å². The van der Waals surface area contributed by atoms with E-state index in [1.807, 2.05) is 60.9 Å².